The molecular weight excluding hydrogens is 198 g/mol. The Morgan fingerprint density at radius 1 is 1.53 bits per heavy atom. The van der Waals surface area contributed by atoms with E-state index in [0.29, 0.717) is 0 Å². The van der Waals surface area contributed by atoms with Crippen LogP contribution in [0.3, 0.4) is 0 Å². The van der Waals surface area contributed by atoms with Crippen molar-refractivity contribution in [3.05, 3.63) is 24.3 Å². The number of carbonyl (C=O) groups excluding carboxylic acids is 1. The van der Waals surface area contributed by atoms with Crippen molar-refractivity contribution in [2.24, 2.45) is 5.92 Å². The van der Waals surface area contributed by atoms with Crippen molar-refractivity contribution >= 4 is 11.9 Å². The molecule has 15 heavy (non-hydrogen) atoms. The number of hydrogen-bond donors (Lipinski definition) is 2. The van der Waals surface area contributed by atoms with Gasteiger partial charge in [0, 0.05) is 18.9 Å². The summed E-state index contributed by atoms with van der Waals surface area (Å²) < 4.78 is 0. The molecule has 80 valence electrons. The highest BCUT2D eigenvalue weighted by Gasteiger charge is 2.13. The van der Waals surface area contributed by atoms with Crippen LogP contribution in [0.1, 0.15) is 17.4 Å². The number of carbonyl (C=O) groups is 2. The Labute approximate surface area is 86.4 Å². The minimum absolute atomic E-state index is 0.0741. The van der Waals surface area contributed by atoms with Gasteiger partial charge in [0.2, 0.25) is 0 Å². The summed E-state index contributed by atoms with van der Waals surface area (Å²) in [5.41, 5.74) is 0.176. The molecule has 1 rings (SSSR count). The lowest BCUT2D eigenvalue weighted by Crippen LogP contribution is -2.31. The lowest BCUT2D eigenvalue weighted by Gasteiger charge is -2.07. The van der Waals surface area contributed by atoms with Crippen molar-refractivity contribution in [1.82, 2.24) is 15.3 Å². The zero-order valence-corrected chi connectivity index (χ0v) is 8.17. The van der Waals surface area contributed by atoms with E-state index in [1.807, 2.05) is 0 Å². The number of aromatic nitrogens is 2. The van der Waals surface area contributed by atoms with Gasteiger partial charge in [-0.25, -0.2) is 4.98 Å². The Morgan fingerprint density at radius 2 is 2.27 bits per heavy atom. The van der Waals surface area contributed by atoms with E-state index in [4.69, 9.17) is 5.11 Å². The fourth-order valence-corrected chi connectivity index (χ4v) is 0.840. The normalized spacial score (nSPS) is 11.8. The third kappa shape index (κ3) is 3.34. The van der Waals surface area contributed by atoms with Crippen LogP contribution < -0.4 is 5.32 Å². The quantitative estimate of drug-likeness (QED) is 0.724. The number of carboxylic acids is 1. The summed E-state index contributed by atoms with van der Waals surface area (Å²) in [6.45, 7) is 1.59. The Balaban J connectivity index is 2.47. The van der Waals surface area contributed by atoms with Gasteiger partial charge in [0.25, 0.3) is 5.91 Å². The number of nitrogens with zero attached hydrogens (tertiary/aromatic N) is 2. The van der Waals surface area contributed by atoms with E-state index in [-0.39, 0.29) is 12.2 Å². The van der Waals surface area contributed by atoms with Gasteiger partial charge in [-0.05, 0) is 0 Å². The molecule has 0 fully saturated rings. The zero-order chi connectivity index (χ0) is 11.3. The van der Waals surface area contributed by atoms with Gasteiger partial charge < -0.3 is 10.4 Å². The van der Waals surface area contributed by atoms with Gasteiger partial charge >= 0.3 is 5.97 Å². The van der Waals surface area contributed by atoms with E-state index >= 15 is 0 Å². The van der Waals surface area contributed by atoms with Crippen molar-refractivity contribution in [2.45, 2.75) is 6.92 Å². The minimum atomic E-state index is -0.950. The second kappa shape index (κ2) is 5.04. The van der Waals surface area contributed by atoms with Crippen LogP contribution in [0.2, 0.25) is 0 Å². The van der Waals surface area contributed by atoms with Gasteiger partial charge in [0.1, 0.15) is 5.69 Å². The van der Waals surface area contributed by atoms with E-state index < -0.39 is 17.8 Å². The topological polar surface area (TPSA) is 92.2 Å². The molecule has 0 saturated heterocycles. The molecule has 0 aliphatic rings. The predicted molar refractivity (Wildman–Crippen MR) is 51.2 cm³/mol. The second-order valence-electron chi connectivity index (χ2n) is 3.04. The molecule has 6 nitrogen and oxygen atoms in total. The molecule has 0 aliphatic heterocycles. The molecule has 0 aromatic carbocycles. The molecular formula is C9H11N3O3. The van der Waals surface area contributed by atoms with E-state index in [1.54, 1.807) is 0 Å². The minimum Gasteiger partial charge on any atom is -0.481 e. The first-order chi connectivity index (χ1) is 7.11. The molecule has 1 amide bonds. The van der Waals surface area contributed by atoms with Crippen molar-refractivity contribution in [3.8, 4) is 0 Å². The SMILES string of the molecule is CC(CNC(=O)c1cnccn1)C(=O)O. The lowest BCUT2D eigenvalue weighted by molar-refractivity contribution is -0.140. The van der Waals surface area contributed by atoms with Crippen molar-refractivity contribution < 1.29 is 14.7 Å². The first-order valence-corrected chi connectivity index (χ1v) is 4.38. The highest BCUT2D eigenvalue weighted by Crippen LogP contribution is 1.94. The number of hydrogen-bond acceptors (Lipinski definition) is 4. The van der Waals surface area contributed by atoms with Crippen LogP contribution in [0, 0.1) is 5.92 Å². The third-order valence-corrected chi connectivity index (χ3v) is 1.79. The Morgan fingerprint density at radius 3 is 2.80 bits per heavy atom. The van der Waals surface area contributed by atoms with Gasteiger partial charge in [-0.2, -0.15) is 0 Å². The Kier molecular flexibility index (Phi) is 3.73. The number of carboxylic acid groups (broad SMARTS) is 1. The van der Waals surface area contributed by atoms with Crippen molar-refractivity contribution in [2.75, 3.05) is 6.54 Å². The smallest absolute Gasteiger partial charge is 0.308 e. The summed E-state index contributed by atoms with van der Waals surface area (Å²) in [4.78, 5) is 29.3. The third-order valence-electron chi connectivity index (χ3n) is 1.79. The van der Waals surface area contributed by atoms with Crippen LogP contribution in [0.4, 0.5) is 0 Å². The summed E-state index contributed by atoms with van der Waals surface area (Å²) in [6, 6.07) is 0. The summed E-state index contributed by atoms with van der Waals surface area (Å²) in [6.07, 6.45) is 4.17. The van der Waals surface area contributed by atoms with E-state index in [0.717, 1.165) is 0 Å². The standard InChI is InChI=1S/C9H11N3O3/c1-6(9(14)15)4-12-8(13)7-5-10-2-3-11-7/h2-3,5-6H,4H2,1H3,(H,12,13)(H,14,15). The largest absolute Gasteiger partial charge is 0.481 e. The summed E-state index contributed by atoms with van der Waals surface area (Å²) in [5.74, 6) is -1.99. The van der Waals surface area contributed by atoms with E-state index in [9.17, 15) is 9.59 Å². The predicted octanol–water partition coefficient (Wildman–Crippen LogP) is -0.0729. The lowest BCUT2D eigenvalue weighted by atomic mass is 10.2. The van der Waals surface area contributed by atoms with Crippen LogP contribution in [0.5, 0.6) is 0 Å². The van der Waals surface area contributed by atoms with Gasteiger partial charge in [-0.1, -0.05) is 6.92 Å². The maximum atomic E-state index is 11.4. The van der Waals surface area contributed by atoms with E-state index in [2.05, 4.69) is 15.3 Å². The highest BCUT2D eigenvalue weighted by atomic mass is 16.4. The van der Waals surface area contributed by atoms with Gasteiger partial charge in [-0.3, -0.25) is 14.6 Å². The number of amides is 1. The Hall–Kier alpha value is -1.98. The first-order valence-electron chi connectivity index (χ1n) is 4.38. The van der Waals surface area contributed by atoms with Gasteiger partial charge in [0.15, 0.2) is 0 Å². The monoisotopic (exact) mass is 209 g/mol. The van der Waals surface area contributed by atoms with Gasteiger partial charge in [0.05, 0.1) is 12.1 Å². The first kappa shape index (κ1) is 11.1. The van der Waals surface area contributed by atoms with Crippen molar-refractivity contribution in [3.63, 3.8) is 0 Å². The fourth-order valence-electron chi connectivity index (χ4n) is 0.840. The summed E-state index contributed by atoms with van der Waals surface area (Å²) in [7, 11) is 0. The molecule has 1 aromatic rings. The second-order valence-corrected chi connectivity index (χ2v) is 3.04. The molecule has 0 bridgehead atoms. The molecule has 1 aromatic heterocycles. The van der Waals surface area contributed by atoms with Crippen LogP contribution in [-0.2, 0) is 4.79 Å². The van der Waals surface area contributed by atoms with Crippen LogP contribution in [-0.4, -0.2) is 33.5 Å². The van der Waals surface area contributed by atoms with Gasteiger partial charge in [-0.15, -0.1) is 0 Å². The number of aliphatic carboxylic acids is 1. The maximum absolute atomic E-state index is 11.4. The average Bonchev–Trinajstić information content (AvgIpc) is 2.26. The molecule has 0 spiro atoms. The zero-order valence-electron chi connectivity index (χ0n) is 8.17. The number of rotatable bonds is 4. The molecule has 0 aliphatic carbocycles. The fraction of sp³-hybridized carbons (Fsp3) is 0.333. The van der Waals surface area contributed by atoms with Crippen molar-refractivity contribution in [1.29, 1.82) is 0 Å². The van der Waals surface area contributed by atoms with E-state index in [1.165, 1.54) is 25.5 Å². The maximum Gasteiger partial charge on any atom is 0.308 e. The molecule has 0 radical (unpaired) electrons. The summed E-state index contributed by atoms with van der Waals surface area (Å²) in [5, 5.41) is 11.0. The molecule has 1 atom stereocenters. The van der Waals surface area contributed by atoms with Crippen LogP contribution in [0.25, 0.3) is 0 Å². The average molecular weight is 209 g/mol. The van der Waals surface area contributed by atoms with Crippen LogP contribution >= 0.6 is 0 Å². The molecule has 1 heterocycles. The number of nitrogens with one attached hydrogen (secondary N) is 1. The molecule has 2 N–H and O–H groups in total. The van der Waals surface area contributed by atoms with Crippen LogP contribution in [0.15, 0.2) is 18.6 Å². The Bertz CT molecular complexity index is 353. The molecule has 1 unspecified atom stereocenters. The molecule has 0 saturated carbocycles. The highest BCUT2D eigenvalue weighted by molar-refractivity contribution is 5.92. The molecule has 6 heteroatoms. The summed E-state index contributed by atoms with van der Waals surface area (Å²) >= 11 is 0.